The van der Waals surface area contributed by atoms with Crippen LogP contribution in [-0.4, -0.2) is 24.1 Å². The SMILES string of the molecule is CCOc1cc(C=NO)c(Br)cc1OC(C)C. The van der Waals surface area contributed by atoms with Crippen molar-refractivity contribution in [3.63, 3.8) is 0 Å². The molecule has 0 bridgehead atoms. The third-order valence-electron chi connectivity index (χ3n) is 1.92. The molecule has 0 heterocycles. The Kier molecular flexibility index (Phi) is 5.28. The molecule has 1 aromatic carbocycles. The number of rotatable bonds is 5. The first kappa shape index (κ1) is 13.8. The maximum atomic E-state index is 8.56. The van der Waals surface area contributed by atoms with Crippen molar-refractivity contribution in [3.05, 3.63) is 22.2 Å². The summed E-state index contributed by atoms with van der Waals surface area (Å²) < 4.78 is 11.9. The molecular formula is C12H16BrNO3. The minimum atomic E-state index is 0.0680. The highest BCUT2D eigenvalue weighted by Gasteiger charge is 2.11. The fourth-order valence-electron chi connectivity index (χ4n) is 1.33. The Balaban J connectivity index is 3.15. The first-order valence-corrected chi connectivity index (χ1v) is 6.18. The fourth-order valence-corrected chi connectivity index (χ4v) is 1.75. The molecule has 94 valence electrons. The van der Waals surface area contributed by atoms with Crippen LogP contribution in [0.2, 0.25) is 0 Å². The number of oxime groups is 1. The van der Waals surface area contributed by atoms with Crippen LogP contribution in [-0.2, 0) is 0 Å². The average molecular weight is 302 g/mol. The zero-order valence-corrected chi connectivity index (χ0v) is 11.7. The summed E-state index contributed by atoms with van der Waals surface area (Å²) in [5.74, 6) is 1.31. The Bertz CT molecular complexity index is 405. The van der Waals surface area contributed by atoms with E-state index in [1.54, 1.807) is 6.07 Å². The molecule has 0 spiro atoms. The predicted octanol–water partition coefficient (Wildman–Crippen LogP) is 3.44. The molecule has 1 N–H and O–H groups in total. The van der Waals surface area contributed by atoms with E-state index >= 15 is 0 Å². The smallest absolute Gasteiger partial charge is 0.162 e. The minimum absolute atomic E-state index is 0.0680. The van der Waals surface area contributed by atoms with E-state index in [1.807, 2.05) is 26.8 Å². The van der Waals surface area contributed by atoms with Crippen LogP contribution in [0, 0.1) is 0 Å². The predicted molar refractivity (Wildman–Crippen MR) is 70.5 cm³/mol. The summed E-state index contributed by atoms with van der Waals surface area (Å²) in [6.45, 7) is 6.35. The van der Waals surface area contributed by atoms with Crippen molar-refractivity contribution in [2.24, 2.45) is 5.16 Å². The van der Waals surface area contributed by atoms with Gasteiger partial charge in [-0.3, -0.25) is 0 Å². The van der Waals surface area contributed by atoms with Crippen molar-refractivity contribution in [2.45, 2.75) is 26.9 Å². The molecule has 1 rings (SSSR count). The normalized spacial score (nSPS) is 11.1. The van der Waals surface area contributed by atoms with Gasteiger partial charge in [-0.05, 0) is 48.8 Å². The van der Waals surface area contributed by atoms with E-state index in [0.29, 0.717) is 18.1 Å². The maximum absolute atomic E-state index is 8.56. The second kappa shape index (κ2) is 6.49. The lowest BCUT2D eigenvalue weighted by atomic mass is 10.2. The van der Waals surface area contributed by atoms with Crippen LogP contribution in [0.5, 0.6) is 11.5 Å². The summed E-state index contributed by atoms with van der Waals surface area (Å²) in [5.41, 5.74) is 0.729. The van der Waals surface area contributed by atoms with Crippen molar-refractivity contribution in [2.75, 3.05) is 6.61 Å². The van der Waals surface area contributed by atoms with Crippen LogP contribution in [0.4, 0.5) is 0 Å². The Morgan fingerprint density at radius 2 is 2.12 bits per heavy atom. The first-order chi connectivity index (χ1) is 8.08. The maximum Gasteiger partial charge on any atom is 0.162 e. The summed E-state index contributed by atoms with van der Waals surface area (Å²) in [7, 11) is 0. The quantitative estimate of drug-likeness (QED) is 0.515. The van der Waals surface area contributed by atoms with Gasteiger partial charge in [0, 0.05) is 10.0 Å². The lowest BCUT2D eigenvalue weighted by molar-refractivity contribution is 0.223. The fraction of sp³-hybridized carbons (Fsp3) is 0.417. The number of nitrogens with zero attached hydrogens (tertiary/aromatic N) is 1. The third kappa shape index (κ3) is 3.93. The van der Waals surface area contributed by atoms with Crippen LogP contribution < -0.4 is 9.47 Å². The van der Waals surface area contributed by atoms with Gasteiger partial charge in [-0.25, -0.2) is 0 Å². The van der Waals surface area contributed by atoms with Crippen LogP contribution in [0.3, 0.4) is 0 Å². The molecule has 0 aliphatic rings. The van der Waals surface area contributed by atoms with Gasteiger partial charge in [0.15, 0.2) is 11.5 Å². The van der Waals surface area contributed by atoms with E-state index in [0.717, 1.165) is 10.0 Å². The zero-order chi connectivity index (χ0) is 12.8. The van der Waals surface area contributed by atoms with Gasteiger partial charge < -0.3 is 14.7 Å². The molecule has 0 amide bonds. The number of hydrogen-bond donors (Lipinski definition) is 1. The van der Waals surface area contributed by atoms with Gasteiger partial charge in [-0.15, -0.1) is 0 Å². The van der Waals surface area contributed by atoms with Crippen molar-refractivity contribution < 1.29 is 14.7 Å². The largest absolute Gasteiger partial charge is 0.490 e. The molecule has 17 heavy (non-hydrogen) atoms. The second-order valence-corrected chi connectivity index (χ2v) is 4.52. The number of halogens is 1. The molecule has 0 saturated heterocycles. The Morgan fingerprint density at radius 1 is 1.41 bits per heavy atom. The lowest BCUT2D eigenvalue weighted by Gasteiger charge is -2.15. The van der Waals surface area contributed by atoms with Gasteiger partial charge in [0.05, 0.1) is 18.9 Å². The van der Waals surface area contributed by atoms with E-state index in [1.165, 1.54) is 6.21 Å². The molecular weight excluding hydrogens is 286 g/mol. The highest BCUT2D eigenvalue weighted by Crippen LogP contribution is 2.33. The van der Waals surface area contributed by atoms with Gasteiger partial charge >= 0.3 is 0 Å². The van der Waals surface area contributed by atoms with Crippen molar-refractivity contribution >= 4 is 22.1 Å². The summed E-state index contributed by atoms with van der Waals surface area (Å²) in [6, 6.07) is 3.58. The van der Waals surface area contributed by atoms with Crippen molar-refractivity contribution in [3.8, 4) is 11.5 Å². The third-order valence-corrected chi connectivity index (χ3v) is 2.61. The topological polar surface area (TPSA) is 51.0 Å². The number of hydrogen-bond acceptors (Lipinski definition) is 4. The van der Waals surface area contributed by atoms with E-state index in [-0.39, 0.29) is 6.10 Å². The van der Waals surface area contributed by atoms with E-state index in [9.17, 15) is 0 Å². The molecule has 0 fully saturated rings. The molecule has 0 radical (unpaired) electrons. The van der Waals surface area contributed by atoms with Crippen LogP contribution in [0.15, 0.2) is 21.8 Å². The highest BCUT2D eigenvalue weighted by atomic mass is 79.9. The molecule has 0 saturated carbocycles. The molecule has 1 aromatic rings. The van der Waals surface area contributed by atoms with Crippen molar-refractivity contribution in [1.29, 1.82) is 0 Å². The van der Waals surface area contributed by atoms with E-state index < -0.39 is 0 Å². The van der Waals surface area contributed by atoms with Crippen LogP contribution in [0.25, 0.3) is 0 Å². The van der Waals surface area contributed by atoms with E-state index in [4.69, 9.17) is 14.7 Å². The van der Waals surface area contributed by atoms with Crippen molar-refractivity contribution in [1.82, 2.24) is 0 Å². The molecule has 0 aromatic heterocycles. The molecule has 0 aliphatic carbocycles. The summed E-state index contributed by atoms with van der Waals surface area (Å²) in [4.78, 5) is 0. The molecule has 4 nitrogen and oxygen atoms in total. The number of ether oxygens (including phenoxy) is 2. The number of benzene rings is 1. The lowest BCUT2D eigenvalue weighted by Crippen LogP contribution is -2.08. The standard InChI is InChI=1S/C12H16BrNO3/c1-4-16-11-5-9(7-14-15)10(13)6-12(11)17-8(2)3/h5-8,15H,4H2,1-3H3. The Morgan fingerprint density at radius 3 is 2.65 bits per heavy atom. The molecule has 0 atom stereocenters. The van der Waals surface area contributed by atoms with Gasteiger partial charge in [0.25, 0.3) is 0 Å². The zero-order valence-electron chi connectivity index (χ0n) is 10.1. The van der Waals surface area contributed by atoms with Gasteiger partial charge in [0.1, 0.15) is 0 Å². The molecule has 5 heteroatoms. The minimum Gasteiger partial charge on any atom is -0.490 e. The van der Waals surface area contributed by atoms with Crippen LogP contribution >= 0.6 is 15.9 Å². The molecule has 0 unspecified atom stereocenters. The highest BCUT2D eigenvalue weighted by molar-refractivity contribution is 9.10. The van der Waals surface area contributed by atoms with Crippen LogP contribution in [0.1, 0.15) is 26.3 Å². The summed E-state index contributed by atoms with van der Waals surface area (Å²) in [6.07, 6.45) is 1.41. The van der Waals surface area contributed by atoms with Gasteiger partial charge in [-0.1, -0.05) is 5.16 Å². The Labute approximate surface area is 109 Å². The first-order valence-electron chi connectivity index (χ1n) is 5.38. The van der Waals surface area contributed by atoms with Gasteiger partial charge in [-0.2, -0.15) is 0 Å². The average Bonchev–Trinajstić information content (AvgIpc) is 2.24. The summed E-state index contributed by atoms with van der Waals surface area (Å²) >= 11 is 3.39. The Hall–Kier alpha value is -1.23. The van der Waals surface area contributed by atoms with E-state index in [2.05, 4.69) is 21.1 Å². The van der Waals surface area contributed by atoms with Gasteiger partial charge in [0.2, 0.25) is 0 Å². The summed E-state index contributed by atoms with van der Waals surface area (Å²) in [5, 5.41) is 11.6. The molecule has 0 aliphatic heterocycles. The monoisotopic (exact) mass is 301 g/mol. The second-order valence-electron chi connectivity index (χ2n) is 3.66.